The highest BCUT2D eigenvalue weighted by atomic mass is 32.1. The van der Waals surface area contributed by atoms with Gasteiger partial charge >= 0.3 is 6.03 Å². The van der Waals surface area contributed by atoms with Gasteiger partial charge in [-0.1, -0.05) is 48.6 Å². The molecule has 1 heterocycles. The summed E-state index contributed by atoms with van der Waals surface area (Å²) in [6.45, 7) is 2.11. The topological polar surface area (TPSA) is 76.1 Å². The van der Waals surface area contributed by atoms with E-state index in [1.54, 1.807) is 31.4 Å². The lowest BCUT2D eigenvalue weighted by Gasteiger charge is -2.11. The molecule has 3 aromatic rings. The van der Waals surface area contributed by atoms with Crippen LogP contribution < -0.4 is 15.4 Å². The molecule has 0 fully saturated rings. The number of carbonyl (C=O) groups is 1. The van der Waals surface area contributed by atoms with Gasteiger partial charge < -0.3 is 10.1 Å². The molecule has 0 aliphatic heterocycles. The molecule has 0 aliphatic rings. The van der Waals surface area contributed by atoms with Gasteiger partial charge in [0.2, 0.25) is 5.13 Å². The highest BCUT2D eigenvalue weighted by Gasteiger charge is 2.18. The van der Waals surface area contributed by atoms with Crippen molar-refractivity contribution in [2.24, 2.45) is 0 Å². The van der Waals surface area contributed by atoms with Crippen molar-refractivity contribution in [3.63, 3.8) is 0 Å². The second-order valence-electron chi connectivity index (χ2n) is 5.62. The van der Waals surface area contributed by atoms with E-state index in [1.807, 2.05) is 18.2 Å². The number of aromatic nitrogens is 2. The molecule has 0 bridgehead atoms. The number of anilines is 2. The van der Waals surface area contributed by atoms with Crippen LogP contribution in [-0.4, -0.2) is 23.3 Å². The largest absolute Gasteiger partial charge is 0.497 e. The lowest BCUT2D eigenvalue weighted by molar-refractivity contribution is 0.262. The summed E-state index contributed by atoms with van der Waals surface area (Å²) in [6, 6.07) is 16.9. The molecule has 3 rings (SSSR count). The summed E-state index contributed by atoms with van der Waals surface area (Å²) >= 11 is 1.39. The number of amides is 2. The SMILES string of the molecule is CCC(c1ccccc1)c1nnc(NC(=O)Nc2ccc(OC)cc2)s1. The van der Waals surface area contributed by atoms with Gasteiger partial charge in [0.25, 0.3) is 0 Å². The van der Waals surface area contributed by atoms with Gasteiger partial charge in [0.15, 0.2) is 0 Å². The van der Waals surface area contributed by atoms with E-state index in [2.05, 4.69) is 39.9 Å². The molecule has 26 heavy (non-hydrogen) atoms. The molecule has 7 heteroatoms. The predicted octanol–water partition coefficient (Wildman–Crippen LogP) is 4.73. The lowest BCUT2D eigenvalue weighted by Crippen LogP contribution is -2.19. The Kier molecular flexibility index (Phi) is 5.80. The van der Waals surface area contributed by atoms with Gasteiger partial charge in [-0.2, -0.15) is 0 Å². The first-order chi connectivity index (χ1) is 12.7. The molecule has 2 N–H and O–H groups in total. The zero-order chi connectivity index (χ0) is 18.4. The lowest BCUT2D eigenvalue weighted by atomic mass is 9.97. The van der Waals surface area contributed by atoms with E-state index < -0.39 is 0 Å². The maximum absolute atomic E-state index is 12.1. The normalized spacial score (nSPS) is 11.6. The Bertz CT molecular complexity index is 849. The number of urea groups is 1. The van der Waals surface area contributed by atoms with Crippen molar-refractivity contribution in [2.45, 2.75) is 19.3 Å². The third-order valence-corrected chi connectivity index (χ3v) is 4.87. The minimum atomic E-state index is -0.356. The van der Waals surface area contributed by atoms with Gasteiger partial charge in [0.1, 0.15) is 10.8 Å². The van der Waals surface area contributed by atoms with Crippen molar-refractivity contribution in [1.82, 2.24) is 10.2 Å². The fourth-order valence-electron chi connectivity index (χ4n) is 2.60. The van der Waals surface area contributed by atoms with Crippen molar-refractivity contribution < 1.29 is 9.53 Å². The smallest absolute Gasteiger partial charge is 0.325 e. The molecule has 0 radical (unpaired) electrons. The second kappa shape index (κ2) is 8.44. The minimum Gasteiger partial charge on any atom is -0.497 e. The molecule has 6 nitrogen and oxygen atoms in total. The van der Waals surface area contributed by atoms with Gasteiger partial charge in [-0.15, -0.1) is 10.2 Å². The van der Waals surface area contributed by atoms with Crippen LogP contribution >= 0.6 is 11.3 Å². The molecule has 0 saturated carbocycles. The number of nitrogens with one attached hydrogen (secondary N) is 2. The Hall–Kier alpha value is -2.93. The molecule has 2 aromatic carbocycles. The maximum atomic E-state index is 12.1. The molecule has 1 unspecified atom stereocenters. The maximum Gasteiger partial charge on any atom is 0.325 e. The van der Waals surface area contributed by atoms with E-state index in [9.17, 15) is 4.79 Å². The third-order valence-electron chi connectivity index (χ3n) is 3.92. The van der Waals surface area contributed by atoms with E-state index in [0.717, 1.165) is 17.2 Å². The fourth-order valence-corrected chi connectivity index (χ4v) is 3.55. The minimum absolute atomic E-state index is 0.175. The summed E-state index contributed by atoms with van der Waals surface area (Å²) in [5.41, 5.74) is 1.86. The third kappa shape index (κ3) is 4.37. The Labute approximate surface area is 156 Å². The van der Waals surface area contributed by atoms with Gasteiger partial charge in [-0.05, 0) is 36.2 Å². The van der Waals surface area contributed by atoms with Crippen molar-refractivity contribution in [2.75, 3.05) is 17.7 Å². The van der Waals surface area contributed by atoms with Crippen molar-refractivity contribution in [1.29, 1.82) is 0 Å². The Morgan fingerprint density at radius 2 is 1.81 bits per heavy atom. The number of methoxy groups -OCH3 is 1. The molecule has 0 aliphatic carbocycles. The molecule has 0 spiro atoms. The molecule has 0 saturated heterocycles. The number of hydrogen-bond donors (Lipinski definition) is 2. The van der Waals surface area contributed by atoms with Gasteiger partial charge in [0.05, 0.1) is 7.11 Å². The zero-order valence-electron chi connectivity index (χ0n) is 14.6. The van der Waals surface area contributed by atoms with E-state index in [0.29, 0.717) is 10.8 Å². The fraction of sp³-hybridized carbons (Fsp3) is 0.211. The van der Waals surface area contributed by atoms with Gasteiger partial charge in [-0.25, -0.2) is 4.79 Å². The van der Waals surface area contributed by atoms with E-state index in [-0.39, 0.29) is 11.9 Å². The second-order valence-corrected chi connectivity index (χ2v) is 6.63. The zero-order valence-corrected chi connectivity index (χ0v) is 15.4. The number of rotatable bonds is 6. The molecular weight excluding hydrogens is 348 g/mol. The molecule has 1 aromatic heterocycles. The monoisotopic (exact) mass is 368 g/mol. The van der Waals surface area contributed by atoms with Crippen LogP contribution in [0.4, 0.5) is 15.6 Å². The number of ether oxygens (including phenoxy) is 1. The van der Waals surface area contributed by atoms with Gasteiger partial charge in [0, 0.05) is 11.6 Å². The average molecular weight is 368 g/mol. The Balaban J connectivity index is 1.64. The van der Waals surface area contributed by atoms with Crippen molar-refractivity contribution >= 4 is 28.2 Å². The van der Waals surface area contributed by atoms with Crippen LogP contribution in [0.2, 0.25) is 0 Å². The Morgan fingerprint density at radius 1 is 1.08 bits per heavy atom. The van der Waals surface area contributed by atoms with Crippen LogP contribution in [0.5, 0.6) is 5.75 Å². The highest BCUT2D eigenvalue weighted by molar-refractivity contribution is 7.15. The summed E-state index contributed by atoms with van der Waals surface area (Å²) in [5, 5.41) is 15.2. The number of nitrogens with zero attached hydrogens (tertiary/aromatic N) is 2. The van der Waals surface area contributed by atoms with E-state index >= 15 is 0 Å². The summed E-state index contributed by atoms with van der Waals surface area (Å²) < 4.78 is 5.10. The summed E-state index contributed by atoms with van der Waals surface area (Å²) in [4.78, 5) is 12.1. The van der Waals surface area contributed by atoms with Crippen LogP contribution in [0.3, 0.4) is 0 Å². The Morgan fingerprint density at radius 3 is 2.46 bits per heavy atom. The standard InChI is InChI=1S/C19H20N4O2S/c1-3-16(13-7-5-4-6-8-13)17-22-23-19(26-17)21-18(24)20-14-9-11-15(25-2)12-10-14/h4-12,16H,3H2,1-2H3,(H2,20,21,23,24). The molecule has 1 atom stereocenters. The number of carbonyl (C=O) groups excluding carboxylic acids is 1. The van der Waals surface area contributed by atoms with E-state index in [4.69, 9.17) is 4.74 Å². The van der Waals surface area contributed by atoms with Crippen LogP contribution in [0.1, 0.15) is 29.8 Å². The van der Waals surface area contributed by atoms with Crippen LogP contribution in [0.25, 0.3) is 0 Å². The molecule has 134 valence electrons. The first kappa shape index (κ1) is 17.9. The summed E-state index contributed by atoms with van der Waals surface area (Å²) in [6.07, 6.45) is 0.913. The quantitative estimate of drug-likeness (QED) is 0.659. The average Bonchev–Trinajstić information content (AvgIpc) is 3.12. The highest BCUT2D eigenvalue weighted by Crippen LogP contribution is 2.31. The summed E-state index contributed by atoms with van der Waals surface area (Å²) in [5.74, 6) is 0.908. The first-order valence-corrected chi connectivity index (χ1v) is 9.11. The van der Waals surface area contributed by atoms with Crippen LogP contribution in [0, 0.1) is 0 Å². The van der Waals surface area contributed by atoms with Gasteiger partial charge in [-0.3, -0.25) is 5.32 Å². The first-order valence-electron chi connectivity index (χ1n) is 8.30. The van der Waals surface area contributed by atoms with Crippen molar-refractivity contribution in [3.05, 3.63) is 65.2 Å². The van der Waals surface area contributed by atoms with E-state index in [1.165, 1.54) is 16.9 Å². The molecular formula is C19H20N4O2S. The van der Waals surface area contributed by atoms with Crippen LogP contribution in [-0.2, 0) is 0 Å². The van der Waals surface area contributed by atoms with Crippen LogP contribution in [0.15, 0.2) is 54.6 Å². The van der Waals surface area contributed by atoms with Crippen molar-refractivity contribution in [3.8, 4) is 5.75 Å². The number of hydrogen-bond acceptors (Lipinski definition) is 5. The predicted molar refractivity (Wildman–Crippen MR) is 104 cm³/mol. The molecule has 2 amide bonds. The summed E-state index contributed by atoms with van der Waals surface area (Å²) in [7, 11) is 1.60. The number of benzene rings is 2.